The van der Waals surface area contributed by atoms with Gasteiger partial charge in [0, 0.05) is 23.8 Å². The standard InChI is InChI=1S/C25H23N3O7S/c1-15(29)34-13-18-14-36-24-20(26-22(30)19(27-33)17-10-6-3-7-11-17)23(31)28(24)21(18)25(32)35-12-16-8-4-2-5-9-16/h2-11,20,24,33H,12-14H2,1H3,(H,26,30)/b27-19+/t20-,24-/m1/s1. The molecular weight excluding hydrogens is 486 g/mol. The van der Waals surface area contributed by atoms with Crippen LogP contribution in [0.2, 0.25) is 0 Å². The minimum absolute atomic E-state index is 0.00256. The van der Waals surface area contributed by atoms with Crippen LogP contribution in [0.1, 0.15) is 18.1 Å². The van der Waals surface area contributed by atoms with E-state index in [1.54, 1.807) is 42.5 Å². The van der Waals surface area contributed by atoms with Crippen molar-refractivity contribution in [3.63, 3.8) is 0 Å². The van der Waals surface area contributed by atoms with Gasteiger partial charge in [-0.15, -0.1) is 11.8 Å². The van der Waals surface area contributed by atoms with E-state index in [1.807, 2.05) is 18.2 Å². The molecule has 0 radical (unpaired) electrons. The van der Waals surface area contributed by atoms with Crippen LogP contribution < -0.4 is 5.32 Å². The molecule has 0 saturated carbocycles. The zero-order chi connectivity index (χ0) is 25.7. The van der Waals surface area contributed by atoms with Crippen molar-refractivity contribution in [2.45, 2.75) is 24.9 Å². The molecule has 4 rings (SSSR count). The van der Waals surface area contributed by atoms with E-state index in [4.69, 9.17) is 9.47 Å². The zero-order valence-electron chi connectivity index (χ0n) is 19.2. The lowest BCUT2D eigenvalue weighted by Crippen LogP contribution is -2.71. The maximum absolute atomic E-state index is 13.1. The first-order valence-electron chi connectivity index (χ1n) is 11.0. The lowest BCUT2D eigenvalue weighted by Gasteiger charge is -2.49. The van der Waals surface area contributed by atoms with E-state index >= 15 is 0 Å². The Balaban J connectivity index is 1.51. The molecule has 186 valence electrons. The first kappa shape index (κ1) is 25.0. The summed E-state index contributed by atoms with van der Waals surface area (Å²) < 4.78 is 10.5. The molecule has 2 aromatic carbocycles. The molecule has 0 bridgehead atoms. The van der Waals surface area contributed by atoms with Gasteiger partial charge >= 0.3 is 11.9 Å². The van der Waals surface area contributed by atoms with Gasteiger partial charge in [-0.2, -0.15) is 0 Å². The molecule has 36 heavy (non-hydrogen) atoms. The molecule has 0 aromatic heterocycles. The van der Waals surface area contributed by atoms with Gasteiger partial charge in [0.2, 0.25) is 0 Å². The minimum Gasteiger partial charge on any atom is -0.461 e. The third-order valence-electron chi connectivity index (χ3n) is 5.55. The Kier molecular flexibility index (Phi) is 7.69. The Hall–Kier alpha value is -4.12. The van der Waals surface area contributed by atoms with Crippen molar-refractivity contribution in [1.29, 1.82) is 0 Å². The van der Waals surface area contributed by atoms with Crippen molar-refractivity contribution in [3.8, 4) is 0 Å². The highest BCUT2D eigenvalue weighted by Crippen LogP contribution is 2.40. The normalized spacial score (nSPS) is 19.2. The number of fused-ring (bicyclic) bond motifs is 1. The summed E-state index contributed by atoms with van der Waals surface area (Å²) in [7, 11) is 0. The fraction of sp³-hybridized carbons (Fsp3) is 0.240. The number of β-lactam (4-membered cyclic amide) rings is 1. The van der Waals surface area contributed by atoms with E-state index in [2.05, 4.69) is 10.5 Å². The van der Waals surface area contributed by atoms with Gasteiger partial charge in [0.1, 0.15) is 30.3 Å². The van der Waals surface area contributed by atoms with Crippen LogP contribution in [-0.2, 0) is 35.3 Å². The maximum atomic E-state index is 13.1. The number of benzene rings is 2. The van der Waals surface area contributed by atoms with Crippen molar-refractivity contribution in [3.05, 3.63) is 83.1 Å². The third kappa shape index (κ3) is 5.25. The van der Waals surface area contributed by atoms with Crippen molar-refractivity contribution < 1.29 is 33.9 Å². The van der Waals surface area contributed by atoms with Crippen LogP contribution in [0.15, 0.2) is 77.1 Å². The number of ether oxygens (including phenoxy) is 2. The summed E-state index contributed by atoms with van der Waals surface area (Å²) in [5, 5.41) is 14.5. The molecule has 2 aliphatic heterocycles. The number of carbonyl (C=O) groups is 4. The number of esters is 2. The van der Waals surface area contributed by atoms with Gasteiger partial charge in [-0.25, -0.2) is 4.79 Å². The van der Waals surface area contributed by atoms with Crippen LogP contribution in [-0.4, -0.2) is 63.3 Å². The highest BCUT2D eigenvalue weighted by Gasteiger charge is 2.54. The van der Waals surface area contributed by atoms with Crippen LogP contribution in [0.5, 0.6) is 0 Å². The quantitative estimate of drug-likeness (QED) is 0.181. The zero-order valence-corrected chi connectivity index (χ0v) is 20.1. The van der Waals surface area contributed by atoms with E-state index in [-0.39, 0.29) is 30.4 Å². The molecule has 1 fully saturated rings. The fourth-order valence-corrected chi connectivity index (χ4v) is 5.13. The second kappa shape index (κ2) is 11.1. The van der Waals surface area contributed by atoms with Crippen molar-refractivity contribution in [2.75, 3.05) is 12.4 Å². The number of nitrogens with one attached hydrogen (secondary N) is 1. The molecule has 0 unspecified atom stereocenters. The van der Waals surface area contributed by atoms with Crippen LogP contribution in [0, 0.1) is 0 Å². The Labute approximate surface area is 210 Å². The number of oxime groups is 1. The molecule has 2 amide bonds. The first-order chi connectivity index (χ1) is 17.4. The molecule has 10 nitrogen and oxygen atoms in total. The number of rotatable bonds is 8. The molecule has 1 saturated heterocycles. The van der Waals surface area contributed by atoms with Crippen LogP contribution in [0.4, 0.5) is 0 Å². The monoisotopic (exact) mass is 509 g/mol. The molecule has 2 atom stereocenters. The van der Waals surface area contributed by atoms with E-state index < -0.39 is 35.2 Å². The number of amides is 2. The summed E-state index contributed by atoms with van der Waals surface area (Å²) in [5.41, 5.74) is 1.35. The summed E-state index contributed by atoms with van der Waals surface area (Å²) in [6.07, 6.45) is 0. The molecule has 11 heteroatoms. The summed E-state index contributed by atoms with van der Waals surface area (Å²) in [4.78, 5) is 51.5. The summed E-state index contributed by atoms with van der Waals surface area (Å²) >= 11 is 1.31. The van der Waals surface area contributed by atoms with E-state index in [0.717, 1.165) is 5.56 Å². The first-order valence-corrected chi connectivity index (χ1v) is 12.0. The number of carbonyl (C=O) groups excluding carboxylic acids is 4. The highest BCUT2D eigenvalue weighted by atomic mass is 32.2. The smallest absolute Gasteiger partial charge is 0.355 e. The molecule has 2 heterocycles. The van der Waals surface area contributed by atoms with Gasteiger partial charge in [-0.3, -0.25) is 19.3 Å². The topological polar surface area (TPSA) is 135 Å². The molecule has 0 spiro atoms. The summed E-state index contributed by atoms with van der Waals surface area (Å²) in [5.74, 6) is -2.23. The highest BCUT2D eigenvalue weighted by molar-refractivity contribution is 8.00. The SMILES string of the molecule is CC(=O)OCC1=C(C(=O)OCc2ccccc2)N2C(=O)[C@@H](NC(=O)/C(=N/O)c3ccccc3)[C@H]2SC1. The number of hydrogen-bond donors (Lipinski definition) is 2. The van der Waals surface area contributed by atoms with E-state index in [1.165, 1.54) is 23.6 Å². The maximum Gasteiger partial charge on any atom is 0.355 e. The Morgan fingerprint density at radius 1 is 1.06 bits per heavy atom. The predicted octanol–water partition coefficient (Wildman–Crippen LogP) is 1.83. The van der Waals surface area contributed by atoms with Gasteiger partial charge in [0.05, 0.1) is 0 Å². The lowest BCUT2D eigenvalue weighted by atomic mass is 10.0. The van der Waals surface area contributed by atoms with Crippen LogP contribution in [0.25, 0.3) is 0 Å². The Morgan fingerprint density at radius 2 is 1.72 bits per heavy atom. The molecular formula is C25H23N3O7S. The Bertz CT molecular complexity index is 1230. The molecule has 0 aliphatic carbocycles. The predicted molar refractivity (Wildman–Crippen MR) is 130 cm³/mol. The Morgan fingerprint density at radius 3 is 2.36 bits per heavy atom. The second-order valence-electron chi connectivity index (χ2n) is 7.97. The number of nitrogens with zero attached hydrogens (tertiary/aromatic N) is 2. The van der Waals surface area contributed by atoms with Gasteiger partial charge in [-0.05, 0) is 5.56 Å². The molecule has 2 aromatic rings. The number of hydrogen-bond acceptors (Lipinski definition) is 9. The number of thioether (sulfide) groups is 1. The lowest BCUT2D eigenvalue weighted by molar-refractivity contribution is -0.153. The van der Waals surface area contributed by atoms with Crippen LogP contribution >= 0.6 is 11.8 Å². The third-order valence-corrected chi connectivity index (χ3v) is 6.89. The largest absolute Gasteiger partial charge is 0.461 e. The second-order valence-corrected chi connectivity index (χ2v) is 9.07. The average Bonchev–Trinajstić information content (AvgIpc) is 2.90. The fourth-order valence-electron chi connectivity index (χ4n) is 3.80. The van der Waals surface area contributed by atoms with Crippen molar-refractivity contribution in [2.24, 2.45) is 5.16 Å². The van der Waals surface area contributed by atoms with Gasteiger partial charge in [0.25, 0.3) is 11.8 Å². The van der Waals surface area contributed by atoms with E-state index in [0.29, 0.717) is 11.1 Å². The van der Waals surface area contributed by atoms with Gasteiger partial charge in [0.15, 0.2) is 5.71 Å². The van der Waals surface area contributed by atoms with Gasteiger partial charge in [-0.1, -0.05) is 65.8 Å². The molecule has 2 aliphatic rings. The summed E-state index contributed by atoms with van der Waals surface area (Å²) in [6.45, 7) is 1.08. The van der Waals surface area contributed by atoms with Gasteiger partial charge < -0.3 is 20.0 Å². The molecule has 2 N–H and O–H groups in total. The summed E-state index contributed by atoms with van der Waals surface area (Å²) in [6, 6.07) is 16.4. The minimum atomic E-state index is -0.949. The van der Waals surface area contributed by atoms with Crippen molar-refractivity contribution >= 4 is 41.2 Å². The average molecular weight is 510 g/mol. The van der Waals surface area contributed by atoms with E-state index in [9.17, 15) is 24.4 Å². The van der Waals surface area contributed by atoms with Crippen LogP contribution in [0.3, 0.4) is 0 Å². The van der Waals surface area contributed by atoms with Crippen molar-refractivity contribution in [1.82, 2.24) is 10.2 Å².